The second-order valence-electron chi connectivity index (χ2n) is 4.90. The van der Waals surface area contributed by atoms with Gasteiger partial charge in [0.1, 0.15) is 0 Å². The first-order valence-corrected chi connectivity index (χ1v) is 7.27. The molecule has 2 rings (SSSR count). The van der Waals surface area contributed by atoms with Crippen LogP contribution in [0.25, 0.3) is 10.9 Å². The lowest BCUT2D eigenvalue weighted by molar-refractivity contribution is -0.123. The van der Waals surface area contributed by atoms with Gasteiger partial charge in [0, 0.05) is 42.3 Å². The van der Waals surface area contributed by atoms with Gasteiger partial charge in [-0.1, -0.05) is 11.6 Å². The van der Waals surface area contributed by atoms with Gasteiger partial charge in [0.15, 0.2) is 0 Å². The van der Waals surface area contributed by atoms with Gasteiger partial charge in [-0.25, -0.2) is 0 Å². The number of H-pyrrole nitrogens is 1. The Labute approximate surface area is 128 Å². The predicted molar refractivity (Wildman–Crippen MR) is 84.5 cm³/mol. The Hall–Kier alpha value is -1.56. The number of benzene rings is 1. The number of fused-ring (bicyclic) bond motifs is 1. The number of aromatic nitrogens is 1. The summed E-state index contributed by atoms with van der Waals surface area (Å²) in [6.45, 7) is 0.907. The Morgan fingerprint density at radius 2 is 2.33 bits per heavy atom. The van der Waals surface area contributed by atoms with E-state index in [0.717, 1.165) is 22.9 Å². The highest BCUT2D eigenvalue weighted by Gasteiger charge is 2.11. The normalized spacial score (nSPS) is 12.5. The number of halogens is 1. The van der Waals surface area contributed by atoms with Crippen molar-refractivity contribution < 1.29 is 9.53 Å². The number of nitrogens with one attached hydrogen (secondary N) is 2. The molecule has 0 bridgehead atoms. The van der Waals surface area contributed by atoms with Gasteiger partial charge in [0.05, 0.1) is 12.5 Å². The van der Waals surface area contributed by atoms with E-state index in [9.17, 15) is 4.79 Å². The average molecular weight is 310 g/mol. The maximum Gasteiger partial charge on any atom is 0.222 e. The zero-order valence-electron chi connectivity index (χ0n) is 12.0. The molecule has 1 unspecified atom stereocenters. The molecule has 21 heavy (non-hydrogen) atoms. The second-order valence-corrected chi connectivity index (χ2v) is 5.34. The lowest BCUT2D eigenvalue weighted by atomic mass is 10.1. The number of hydrogen-bond acceptors (Lipinski definition) is 3. The minimum atomic E-state index is -0.225. The third-order valence-corrected chi connectivity index (χ3v) is 3.69. The molecular weight excluding hydrogens is 290 g/mol. The van der Waals surface area contributed by atoms with Crippen molar-refractivity contribution in [2.45, 2.75) is 18.9 Å². The molecule has 6 heteroatoms. The zero-order valence-corrected chi connectivity index (χ0v) is 12.7. The van der Waals surface area contributed by atoms with Crippen LogP contribution in [0.4, 0.5) is 0 Å². The highest BCUT2D eigenvalue weighted by Crippen LogP contribution is 2.22. The summed E-state index contributed by atoms with van der Waals surface area (Å²) in [6, 6.07) is 5.73. The Bertz CT molecular complexity index is 608. The van der Waals surface area contributed by atoms with Crippen molar-refractivity contribution in [3.05, 3.63) is 35.0 Å². The summed E-state index contributed by atoms with van der Waals surface area (Å²) >= 11 is 6.01. The molecule has 1 aromatic carbocycles. The Morgan fingerprint density at radius 1 is 1.52 bits per heavy atom. The van der Waals surface area contributed by atoms with Crippen molar-refractivity contribution in [2.75, 3.05) is 20.2 Å². The van der Waals surface area contributed by atoms with Gasteiger partial charge in [-0.05, 0) is 30.2 Å². The first kappa shape index (κ1) is 15.8. The fourth-order valence-corrected chi connectivity index (χ4v) is 2.41. The first-order valence-electron chi connectivity index (χ1n) is 6.89. The monoisotopic (exact) mass is 309 g/mol. The van der Waals surface area contributed by atoms with Crippen LogP contribution in [0.2, 0.25) is 5.02 Å². The van der Waals surface area contributed by atoms with Crippen molar-refractivity contribution in [3.63, 3.8) is 0 Å². The van der Waals surface area contributed by atoms with Gasteiger partial charge in [-0.15, -0.1) is 0 Å². The molecular formula is C15H20ClN3O2. The molecule has 0 radical (unpaired) electrons. The van der Waals surface area contributed by atoms with E-state index in [4.69, 9.17) is 22.1 Å². The van der Waals surface area contributed by atoms with E-state index in [0.29, 0.717) is 18.1 Å². The van der Waals surface area contributed by atoms with Gasteiger partial charge in [-0.2, -0.15) is 0 Å². The minimum Gasteiger partial charge on any atom is -0.380 e. The van der Waals surface area contributed by atoms with Crippen LogP contribution in [0.15, 0.2) is 24.4 Å². The fraction of sp³-hybridized carbons (Fsp3) is 0.400. The smallest absolute Gasteiger partial charge is 0.222 e. The molecule has 114 valence electrons. The van der Waals surface area contributed by atoms with Gasteiger partial charge >= 0.3 is 0 Å². The maximum absolute atomic E-state index is 11.7. The molecule has 0 aliphatic carbocycles. The van der Waals surface area contributed by atoms with E-state index in [2.05, 4.69) is 10.3 Å². The Morgan fingerprint density at radius 3 is 3.05 bits per heavy atom. The van der Waals surface area contributed by atoms with E-state index >= 15 is 0 Å². The van der Waals surface area contributed by atoms with Crippen LogP contribution in [0.3, 0.4) is 0 Å². The highest BCUT2D eigenvalue weighted by atomic mass is 35.5. The summed E-state index contributed by atoms with van der Waals surface area (Å²) in [6.07, 6.45) is 2.75. The van der Waals surface area contributed by atoms with E-state index in [-0.39, 0.29) is 18.4 Å². The number of aromatic amines is 1. The Kier molecular flexibility index (Phi) is 5.61. The van der Waals surface area contributed by atoms with Crippen molar-refractivity contribution >= 4 is 28.4 Å². The van der Waals surface area contributed by atoms with Crippen molar-refractivity contribution in [1.82, 2.24) is 10.3 Å². The molecule has 0 aliphatic heterocycles. The topological polar surface area (TPSA) is 80.1 Å². The molecule has 2 aromatic rings. The summed E-state index contributed by atoms with van der Waals surface area (Å²) in [7, 11) is 1.56. The SMILES string of the molecule is COC(CN)CC(=O)NCCc1c[nH]c2ccc(Cl)cc12. The van der Waals surface area contributed by atoms with Crippen molar-refractivity contribution in [1.29, 1.82) is 0 Å². The number of ether oxygens (including phenoxy) is 1. The van der Waals surface area contributed by atoms with Gasteiger partial charge in [-0.3, -0.25) is 4.79 Å². The van der Waals surface area contributed by atoms with Crippen LogP contribution < -0.4 is 11.1 Å². The lowest BCUT2D eigenvalue weighted by Gasteiger charge is -2.12. The number of amides is 1. The summed E-state index contributed by atoms with van der Waals surface area (Å²) in [4.78, 5) is 14.9. The highest BCUT2D eigenvalue weighted by molar-refractivity contribution is 6.31. The first-order chi connectivity index (χ1) is 10.1. The largest absolute Gasteiger partial charge is 0.380 e. The van der Waals surface area contributed by atoms with Gasteiger partial charge in [0.2, 0.25) is 5.91 Å². The van der Waals surface area contributed by atoms with Gasteiger partial charge in [0.25, 0.3) is 0 Å². The number of methoxy groups -OCH3 is 1. The molecule has 0 aliphatic rings. The molecule has 0 fully saturated rings. The molecule has 4 N–H and O–H groups in total. The maximum atomic E-state index is 11.7. The van der Waals surface area contributed by atoms with Crippen LogP contribution in [0, 0.1) is 0 Å². The lowest BCUT2D eigenvalue weighted by Crippen LogP contribution is -2.33. The number of carbonyl (C=O) groups excluding carboxylic acids is 1. The molecule has 1 amide bonds. The number of carbonyl (C=O) groups is 1. The van der Waals surface area contributed by atoms with Crippen molar-refractivity contribution in [2.24, 2.45) is 5.73 Å². The van der Waals surface area contributed by atoms with E-state index in [1.54, 1.807) is 7.11 Å². The number of rotatable bonds is 7. The van der Waals surface area contributed by atoms with Crippen LogP contribution in [0.5, 0.6) is 0 Å². The molecule has 1 atom stereocenters. The molecule has 0 saturated carbocycles. The predicted octanol–water partition coefficient (Wildman–Crippen LogP) is 1.84. The quantitative estimate of drug-likeness (QED) is 0.730. The van der Waals surface area contributed by atoms with Crippen LogP contribution in [-0.4, -0.2) is 37.2 Å². The second kappa shape index (κ2) is 7.45. The third-order valence-electron chi connectivity index (χ3n) is 3.46. The zero-order chi connectivity index (χ0) is 15.2. The number of nitrogens with two attached hydrogens (primary N) is 1. The molecule has 0 spiro atoms. The summed E-state index contributed by atoms with van der Waals surface area (Å²) in [5, 5.41) is 4.68. The van der Waals surface area contributed by atoms with Crippen LogP contribution >= 0.6 is 11.6 Å². The van der Waals surface area contributed by atoms with Crippen molar-refractivity contribution in [3.8, 4) is 0 Å². The molecule has 1 heterocycles. The summed E-state index contributed by atoms with van der Waals surface area (Å²) in [5.41, 5.74) is 7.67. The fourth-order valence-electron chi connectivity index (χ4n) is 2.24. The van der Waals surface area contributed by atoms with E-state index in [1.807, 2.05) is 24.4 Å². The molecule has 0 saturated heterocycles. The third kappa shape index (κ3) is 4.20. The molecule has 5 nitrogen and oxygen atoms in total. The summed E-state index contributed by atoms with van der Waals surface area (Å²) in [5.74, 6) is -0.0508. The van der Waals surface area contributed by atoms with Crippen LogP contribution in [0.1, 0.15) is 12.0 Å². The van der Waals surface area contributed by atoms with E-state index in [1.165, 1.54) is 0 Å². The van der Waals surface area contributed by atoms with Gasteiger partial charge < -0.3 is 20.8 Å². The average Bonchev–Trinajstić information content (AvgIpc) is 2.87. The standard InChI is InChI=1S/C15H20ClN3O2/c1-21-12(8-17)7-15(20)18-5-4-10-9-19-14-3-2-11(16)6-13(10)14/h2-3,6,9,12,19H,4-5,7-8,17H2,1H3,(H,18,20). The van der Waals surface area contributed by atoms with Crippen LogP contribution in [-0.2, 0) is 16.0 Å². The Balaban J connectivity index is 1.87. The minimum absolute atomic E-state index is 0.0508. The van der Waals surface area contributed by atoms with E-state index < -0.39 is 0 Å². The number of hydrogen-bond donors (Lipinski definition) is 3. The summed E-state index contributed by atoms with van der Waals surface area (Å²) < 4.78 is 5.09. The molecule has 1 aromatic heterocycles.